The quantitative estimate of drug-likeness (QED) is 0.913. The number of pyridine rings is 1. The van der Waals surface area contributed by atoms with E-state index >= 15 is 0 Å². The fourth-order valence-electron chi connectivity index (χ4n) is 1.58. The van der Waals surface area contributed by atoms with E-state index in [0.717, 1.165) is 0 Å². The van der Waals surface area contributed by atoms with Crippen molar-refractivity contribution in [3.63, 3.8) is 0 Å². The molecule has 0 bridgehead atoms. The molecule has 5 nitrogen and oxygen atoms in total. The van der Waals surface area contributed by atoms with Crippen LogP contribution in [0.4, 0.5) is 0 Å². The van der Waals surface area contributed by atoms with Crippen LogP contribution in [0, 0.1) is 0 Å². The number of sulfone groups is 1. The zero-order chi connectivity index (χ0) is 13.3. The molecule has 0 unspecified atom stereocenters. The van der Waals surface area contributed by atoms with E-state index in [-0.39, 0.29) is 16.3 Å². The summed E-state index contributed by atoms with van der Waals surface area (Å²) in [5, 5.41) is 9.54. The van der Waals surface area contributed by atoms with Gasteiger partial charge in [0.25, 0.3) is 0 Å². The molecule has 0 aliphatic rings. The fraction of sp³-hybridized carbons (Fsp3) is 0.167. The molecule has 6 heteroatoms. The Balaban J connectivity index is 2.66. The van der Waals surface area contributed by atoms with Crippen molar-refractivity contribution in [2.75, 3.05) is 5.75 Å². The summed E-state index contributed by atoms with van der Waals surface area (Å²) in [4.78, 5) is 14.9. The van der Waals surface area contributed by atoms with Gasteiger partial charge in [0.05, 0.1) is 16.2 Å². The van der Waals surface area contributed by atoms with Crippen LogP contribution in [0.15, 0.2) is 35.2 Å². The fourth-order valence-corrected chi connectivity index (χ4v) is 2.48. The van der Waals surface area contributed by atoms with Gasteiger partial charge in [0.15, 0.2) is 9.84 Å². The standard InChI is InChI=1S/C12H11NO4S/c1-2-18(16,17)9-5-3-8-4-6-10(12(14)15)13-11(8)7-9/h3-7H,2H2,1H3,(H,14,15). The first-order valence-electron chi connectivity index (χ1n) is 5.31. The summed E-state index contributed by atoms with van der Waals surface area (Å²) in [5.74, 6) is -1.14. The maximum absolute atomic E-state index is 11.7. The summed E-state index contributed by atoms with van der Waals surface area (Å²) in [6, 6.07) is 7.52. The van der Waals surface area contributed by atoms with E-state index in [9.17, 15) is 13.2 Å². The highest BCUT2D eigenvalue weighted by Gasteiger charge is 2.13. The van der Waals surface area contributed by atoms with Crippen molar-refractivity contribution in [1.29, 1.82) is 0 Å². The van der Waals surface area contributed by atoms with Crippen LogP contribution in [0.2, 0.25) is 0 Å². The van der Waals surface area contributed by atoms with Gasteiger partial charge < -0.3 is 5.11 Å². The summed E-state index contributed by atoms with van der Waals surface area (Å²) >= 11 is 0. The number of aromatic nitrogens is 1. The van der Waals surface area contributed by atoms with Gasteiger partial charge in [-0.1, -0.05) is 19.1 Å². The van der Waals surface area contributed by atoms with Gasteiger partial charge in [-0.15, -0.1) is 0 Å². The van der Waals surface area contributed by atoms with E-state index in [1.807, 2.05) is 0 Å². The SMILES string of the molecule is CCS(=O)(=O)c1ccc2ccc(C(=O)O)nc2c1. The van der Waals surface area contributed by atoms with Crippen molar-refractivity contribution >= 4 is 26.7 Å². The molecule has 0 fully saturated rings. The molecule has 0 atom stereocenters. The van der Waals surface area contributed by atoms with Gasteiger partial charge in [0.1, 0.15) is 5.69 Å². The van der Waals surface area contributed by atoms with E-state index in [1.165, 1.54) is 18.2 Å². The first-order chi connectivity index (χ1) is 8.44. The molecule has 0 saturated heterocycles. The maximum atomic E-state index is 11.7. The average Bonchev–Trinajstić information content (AvgIpc) is 2.37. The minimum Gasteiger partial charge on any atom is -0.477 e. The van der Waals surface area contributed by atoms with E-state index in [1.54, 1.807) is 19.1 Å². The Kier molecular flexibility index (Phi) is 3.04. The lowest BCUT2D eigenvalue weighted by Crippen LogP contribution is -2.04. The predicted octanol–water partition coefficient (Wildman–Crippen LogP) is 1.73. The number of rotatable bonds is 3. The number of benzene rings is 1. The van der Waals surface area contributed by atoms with E-state index < -0.39 is 15.8 Å². The minimum absolute atomic E-state index is 0.00285. The Morgan fingerprint density at radius 1 is 1.28 bits per heavy atom. The van der Waals surface area contributed by atoms with Gasteiger partial charge in [0.2, 0.25) is 0 Å². The molecule has 1 aromatic carbocycles. The molecular weight excluding hydrogens is 254 g/mol. The van der Waals surface area contributed by atoms with Crippen molar-refractivity contribution in [3.8, 4) is 0 Å². The Hall–Kier alpha value is -1.95. The van der Waals surface area contributed by atoms with Crippen molar-refractivity contribution in [1.82, 2.24) is 4.98 Å². The molecule has 94 valence electrons. The van der Waals surface area contributed by atoms with Crippen LogP contribution in [0.1, 0.15) is 17.4 Å². The monoisotopic (exact) mass is 265 g/mol. The molecule has 0 radical (unpaired) electrons. The third kappa shape index (κ3) is 2.19. The topological polar surface area (TPSA) is 84.3 Å². The van der Waals surface area contributed by atoms with Crippen LogP contribution >= 0.6 is 0 Å². The largest absolute Gasteiger partial charge is 0.477 e. The van der Waals surface area contributed by atoms with Crippen LogP contribution in [0.5, 0.6) is 0 Å². The lowest BCUT2D eigenvalue weighted by atomic mass is 10.2. The first-order valence-corrected chi connectivity index (χ1v) is 6.96. The summed E-state index contributed by atoms with van der Waals surface area (Å²) in [7, 11) is -3.31. The van der Waals surface area contributed by atoms with Crippen LogP contribution in [-0.4, -0.2) is 30.2 Å². The van der Waals surface area contributed by atoms with Crippen molar-refractivity contribution < 1.29 is 18.3 Å². The molecule has 0 aliphatic heterocycles. The number of nitrogens with zero attached hydrogens (tertiary/aromatic N) is 1. The molecule has 1 aromatic heterocycles. The van der Waals surface area contributed by atoms with Crippen molar-refractivity contribution in [2.45, 2.75) is 11.8 Å². The lowest BCUT2D eigenvalue weighted by Gasteiger charge is -2.04. The van der Waals surface area contributed by atoms with Gasteiger partial charge >= 0.3 is 5.97 Å². The van der Waals surface area contributed by atoms with Crippen molar-refractivity contribution in [2.24, 2.45) is 0 Å². The number of hydrogen-bond donors (Lipinski definition) is 1. The predicted molar refractivity (Wildman–Crippen MR) is 66.4 cm³/mol. The van der Waals surface area contributed by atoms with E-state index in [4.69, 9.17) is 5.11 Å². The van der Waals surface area contributed by atoms with Crippen LogP contribution in [-0.2, 0) is 9.84 Å². The van der Waals surface area contributed by atoms with Gasteiger partial charge in [0, 0.05) is 5.39 Å². The highest BCUT2D eigenvalue weighted by atomic mass is 32.2. The van der Waals surface area contributed by atoms with Crippen LogP contribution in [0.25, 0.3) is 10.9 Å². The third-order valence-corrected chi connectivity index (χ3v) is 4.35. The summed E-state index contributed by atoms with van der Waals surface area (Å²) in [5.41, 5.74) is 0.262. The highest BCUT2D eigenvalue weighted by molar-refractivity contribution is 7.91. The summed E-state index contributed by atoms with van der Waals surface area (Å²) < 4.78 is 23.4. The smallest absolute Gasteiger partial charge is 0.354 e. The number of carboxylic acids is 1. The second-order valence-electron chi connectivity index (χ2n) is 3.76. The van der Waals surface area contributed by atoms with Crippen LogP contribution in [0.3, 0.4) is 0 Å². The molecule has 0 spiro atoms. The Morgan fingerprint density at radius 3 is 2.56 bits per heavy atom. The molecule has 2 rings (SSSR count). The zero-order valence-corrected chi connectivity index (χ0v) is 10.4. The molecule has 18 heavy (non-hydrogen) atoms. The molecule has 0 aliphatic carbocycles. The zero-order valence-electron chi connectivity index (χ0n) is 9.62. The second-order valence-corrected chi connectivity index (χ2v) is 6.04. The highest BCUT2D eigenvalue weighted by Crippen LogP contribution is 2.19. The van der Waals surface area contributed by atoms with E-state index in [0.29, 0.717) is 10.9 Å². The Bertz CT molecular complexity index is 722. The average molecular weight is 265 g/mol. The maximum Gasteiger partial charge on any atom is 0.354 e. The Labute approximate surface area is 104 Å². The number of aromatic carboxylic acids is 1. The normalized spacial score (nSPS) is 11.6. The Morgan fingerprint density at radius 2 is 1.94 bits per heavy atom. The number of fused-ring (bicyclic) bond motifs is 1. The number of carboxylic acid groups (broad SMARTS) is 1. The first kappa shape index (κ1) is 12.5. The molecular formula is C12H11NO4S. The third-order valence-electron chi connectivity index (χ3n) is 2.62. The minimum atomic E-state index is -3.31. The van der Waals surface area contributed by atoms with Gasteiger partial charge in [-0.25, -0.2) is 18.2 Å². The lowest BCUT2D eigenvalue weighted by molar-refractivity contribution is 0.0691. The number of carbonyl (C=O) groups is 1. The summed E-state index contributed by atoms with van der Waals surface area (Å²) in [6.07, 6.45) is 0. The van der Waals surface area contributed by atoms with Gasteiger partial charge in [-0.3, -0.25) is 0 Å². The van der Waals surface area contributed by atoms with Gasteiger partial charge in [-0.05, 0) is 18.2 Å². The van der Waals surface area contributed by atoms with Gasteiger partial charge in [-0.2, -0.15) is 0 Å². The number of hydrogen-bond acceptors (Lipinski definition) is 4. The molecule has 1 N–H and O–H groups in total. The van der Waals surface area contributed by atoms with E-state index in [2.05, 4.69) is 4.98 Å². The van der Waals surface area contributed by atoms with Crippen molar-refractivity contribution in [3.05, 3.63) is 36.0 Å². The molecule has 2 aromatic rings. The summed E-state index contributed by atoms with van der Waals surface area (Å²) in [6.45, 7) is 1.56. The second kappa shape index (κ2) is 4.38. The molecule has 1 heterocycles. The molecule has 0 saturated carbocycles. The molecule has 0 amide bonds. The van der Waals surface area contributed by atoms with Crippen LogP contribution < -0.4 is 0 Å².